The van der Waals surface area contributed by atoms with E-state index in [1.54, 1.807) is 0 Å². The van der Waals surface area contributed by atoms with Crippen LogP contribution in [-0.4, -0.2) is 17.0 Å². The summed E-state index contributed by atoms with van der Waals surface area (Å²) in [5.41, 5.74) is 1.44. The average Bonchev–Trinajstić information content (AvgIpc) is 2.72. The lowest BCUT2D eigenvalue weighted by Gasteiger charge is -2.15. The van der Waals surface area contributed by atoms with Crippen LogP contribution in [0.25, 0.3) is 0 Å². The first-order chi connectivity index (χ1) is 6.75. The van der Waals surface area contributed by atoms with Gasteiger partial charge in [0.2, 0.25) is 0 Å². The molecule has 1 aliphatic heterocycles. The molecule has 0 saturated carbocycles. The van der Waals surface area contributed by atoms with E-state index in [0.717, 1.165) is 17.8 Å². The van der Waals surface area contributed by atoms with E-state index < -0.39 is 0 Å². The Bertz CT molecular complexity index is 295. The van der Waals surface area contributed by atoms with Crippen LogP contribution in [0.5, 0.6) is 0 Å². The van der Waals surface area contributed by atoms with Crippen molar-refractivity contribution in [2.24, 2.45) is 0 Å². The smallest absolute Gasteiger partial charge is 0.0216 e. The molecule has 0 aliphatic carbocycles. The van der Waals surface area contributed by atoms with Crippen LogP contribution >= 0.6 is 23.1 Å². The summed E-state index contributed by atoms with van der Waals surface area (Å²) >= 11 is 3.93. The van der Waals surface area contributed by atoms with Crippen LogP contribution in [0.15, 0.2) is 11.4 Å². The molecule has 0 spiro atoms. The fourth-order valence-corrected chi connectivity index (χ4v) is 3.77. The van der Waals surface area contributed by atoms with Crippen LogP contribution < -0.4 is 5.32 Å². The van der Waals surface area contributed by atoms with Gasteiger partial charge in [-0.15, -0.1) is 11.3 Å². The fraction of sp³-hybridized carbons (Fsp3) is 0.636. The van der Waals surface area contributed by atoms with E-state index in [1.807, 2.05) is 11.3 Å². The van der Waals surface area contributed by atoms with Crippen LogP contribution in [0.1, 0.15) is 23.8 Å². The summed E-state index contributed by atoms with van der Waals surface area (Å²) in [5, 5.41) is 6.69. The maximum absolute atomic E-state index is 3.65. The van der Waals surface area contributed by atoms with E-state index in [-0.39, 0.29) is 0 Å². The zero-order valence-corrected chi connectivity index (χ0v) is 10.4. The summed E-state index contributed by atoms with van der Waals surface area (Å²) in [5.74, 6) is 1.32. The fourth-order valence-electron chi connectivity index (χ4n) is 1.84. The van der Waals surface area contributed by atoms with E-state index in [2.05, 4.69) is 42.4 Å². The van der Waals surface area contributed by atoms with Gasteiger partial charge in [0.15, 0.2) is 0 Å². The number of rotatable bonds is 3. The molecule has 3 heteroatoms. The molecule has 0 bridgehead atoms. The van der Waals surface area contributed by atoms with Gasteiger partial charge in [0, 0.05) is 22.7 Å². The number of thioether (sulfide) groups is 1. The van der Waals surface area contributed by atoms with E-state index in [9.17, 15) is 0 Å². The summed E-state index contributed by atoms with van der Waals surface area (Å²) in [6.45, 7) is 5.54. The maximum Gasteiger partial charge on any atom is 0.0216 e. The number of hydrogen-bond acceptors (Lipinski definition) is 3. The van der Waals surface area contributed by atoms with Crippen LogP contribution in [0.4, 0.5) is 0 Å². The van der Waals surface area contributed by atoms with E-state index in [0.29, 0.717) is 0 Å². The van der Waals surface area contributed by atoms with Gasteiger partial charge in [-0.3, -0.25) is 0 Å². The molecule has 1 aliphatic rings. The van der Waals surface area contributed by atoms with Crippen molar-refractivity contribution in [2.75, 3.05) is 5.75 Å². The summed E-state index contributed by atoms with van der Waals surface area (Å²) in [6, 6.07) is 3.00. The van der Waals surface area contributed by atoms with Gasteiger partial charge in [-0.25, -0.2) is 0 Å². The van der Waals surface area contributed by atoms with Gasteiger partial charge in [-0.05, 0) is 36.1 Å². The Morgan fingerprint density at radius 3 is 3.00 bits per heavy atom. The molecule has 2 atom stereocenters. The second-order valence-corrected chi connectivity index (χ2v) is 6.52. The molecule has 14 heavy (non-hydrogen) atoms. The molecule has 0 radical (unpaired) electrons. The first kappa shape index (κ1) is 10.5. The van der Waals surface area contributed by atoms with Gasteiger partial charge in [-0.1, -0.05) is 6.92 Å². The minimum Gasteiger partial charge on any atom is -0.309 e. The zero-order chi connectivity index (χ0) is 9.97. The molecule has 2 heterocycles. The van der Waals surface area contributed by atoms with Crippen molar-refractivity contribution in [3.63, 3.8) is 0 Å². The maximum atomic E-state index is 3.65. The lowest BCUT2D eigenvalue weighted by atomic mass is 10.1. The predicted octanol–water partition coefficient (Wildman–Crippen LogP) is 3.04. The standard InChI is InChI=1S/C11H17NS2/c1-8-5-10(7-14-8)6-12-11-3-4-13-9(11)2/h5,7,9,11-12H,3-4,6H2,1-2H3. The molecule has 2 unspecified atom stereocenters. The topological polar surface area (TPSA) is 12.0 Å². The van der Waals surface area contributed by atoms with Crippen molar-refractivity contribution in [3.05, 3.63) is 21.9 Å². The Morgan fingerprint density at radius 2 is 2.43 bits per heavy atom. The van der Waals surface area contributed by atoms with Gasteiger partial charge in [0.1, 0.15) is 0 Å². The van der Waals surface area contributed by atoms with Gasteiger partial charge in [0.25, 0.3) is 0 Å². The van der Waals surface area contributed by atoms with Crippen LogP contribution in [0.2, 0.25) is 0 Å². The highest BCUT2D eigenvalue weighted by molar-refractivity contribution is 8.00. The molecule has 78 valence electrons. The first-order valence-corrected chi connectivity index (χ1v) is 7.07. The summed E-state index contributed by atoms with van der Waals surface area (Å²) in [7, 11) is 0. The zero-order valence-electron chi connectivity index (χ0n) is 8.75. The van der Waals surface area contributed by atoms with Crippen LogP contribution in [0.3, 0.4) is 0 Å². The highest BCUT2D eigenvalue weighted by Crippen LogP contribution is 2.26. The largest absolute Gasteiger partial charge is 0.309 e. The number of hydrogen-bond donors (Lipinski definition) is 1. The Balaban J connectivity index is 1.82. The van der Waals surface area contributed by atoms with Crippen molar-refractivity contribution in [1.82, 2.24) is 5.32 Å². The Kier molecular flexibility index (Phi) is 3.52. The molecule has 1 saturated heterocycles. The van der Waals surface area contributed by atoms with Crippen molar-refractivity contribution >= 4 is 23.1 Å². The highest BCUT2D eigenvalue weighted by Gasteiger charge is 2.22. The van der Waals surface area contributed by atoms with Gasteiger partial charge < -0.3 is 5.32 Å². The van der Waals surface area contributed by atoms with Gasteiger partial charge in [-0.2, -0.15) is 11.8 Å². The summed E-state index contributed by atoms with van der Waals surface area (Å²) < 4.78 is 0. The third kappa shape index (κ3) is 2.53. The number of aryl methyl sites for hydroxylation is 1. The lowest BCUT2D eigenvalue weighted by Crippen LogP contribution is -2.32. The Morgan fingerprint density at radius 1 is 1.57 bits per heavy atom. The molecule has 1 N–H and O–H groups in total. The summed E-state index contributed by atoms with van der Waals surface area (Å²) in [4.78, 5) is 1.41. The monoisotopic (exact) mass is 227 g/mol. The minimum absolute atomic E-state index is 0.722. The molecule has 1 fully saturated rings. The third-order valence-corrected chi connectivity index (χ3v) is 4.97. The normalized spacial score (nSPS) is 27.0. The molecule has 0 aromatic carbocycles. The SMILES string of the molecule is Cc1cc(CNC2CCSC2C)cs1. The van der Waals surface area contributed by atoms with Gasteiger partial charge >= 0.3 is 0 Å². The molecule has 1 nitrogen and oxygen atoms in total. The molecular formula is C11H17NS2. The van der Waals surface area contributed by atoms with Crippen molar-refractivity contribution in [3.8, 4) is 0 Å². The average molecular weight is 227 g/mol. The summed E-state index contributed by atoms with van der Waals surface area (Å²) in [6.07, 6.45) is 1.33. The third-order valence-electron chi connectivity index (χ3n) is 2.73. The first-order valence-electron chi connectivity index (χ1n) is 5.14. The van der Waals surface area contributed by atoms with Crippen molar-refractivity contribution in [1.29, 1.82) is 0 Å². The van der Waals surface area contributed by atoms with E-state index in [1.165, 1.54) is 22.6 Å². The van der Waals surface area contributed by atoms with Gasteiger partial charge in [0.05, 0.1) is 0 Å². The van der Waals surface area contributed by atoms with Crippen LogP contribution in [0, 0.1) is 6.92 Å². The van der Waals surface area contributed by atoms with Crippen molar-refractivity contribution in [2.45, 2.75) is 38.1 Å². The Hall–Kier alpha value is 0.01000. The highest BCUT2D eigenvalue weighted by atomic mass is 32.2. The van der Waals surface area contributed by atoms with Crippen LogP contribution in [-0.2, 0) is 6.54 Å². The predicted molar refractivity (Wildman–Crippen MR) is 66.2 cm³/mol. The lowest BCUT2D eigenvalue weighted by molar-refractivity contribution is 0.513. The molecular weight excluding hydrogens is 210 g/mol. The molecule has 0 amide bonds. The number of nitrogens with one attached hydrogen (secondary N) is 1. The second-order valence-electron chi connectivity index (χ2n) is 3.92. The second kappa shape index (κ2) is 4.69. The Labute approximate surface area is 94.3 Å². The van der Waals surface area contributed by atoms with Crippen molar-refractivity contribution < 1.29 is 0 Å². The van der Waals surface area contributed by atoms with E-state index in [4.69, 9.17) is 0 Å². The quantitative estimate of drug-likeness (QED) is 0.852. The number of thiophene rings is 1. The molecule has 2 rings (SSSR count). The minimum atomic E-state index is 0.722. The molecule has 1 aromatic heterocycles. The van der Waals surface area contributed by atoms with E-state index >= 15 is 0 Å². The molecule has 1 aromatic rings.